The van der Waals surface area contributed by atoms with E-state index >= 15 is 0 Å². The minimum Gasteiger partial charge on any atom is -0.361 e. The van der Waals surface area contributed by atoms with Gasteiger partial charge in [-0.1, -0.05) is 13.5 Å². The Morgan fingerprint density at radius 3 is 2.60 bits per heavy atom. The highest BCUT2D eigenvalue weighted by Crippen LogP contribution is 1.97. The number of aliphatic hydroxyl groups excluding tert-OH is 1. The summed E-state index contributed by atoms with van der Waals surface area (Å²) in [4.78, 5) is 1.67. The Kier molecular flexibility index (Phi) is 4.07. The second-order valence-corrected chi connectivity index (χ2v) is 2.28. The van der Waals surface area contributed by atoms with E-state index in [1.54, 1.807) is 11.9 Å². The molecule has 0 saturated heterocycles. The standard InChI is InChI=1S/C7H16N2O/c1-5-8-7(10)9(4)6(2)3/h7-8,10H,2,5H2,1,3-4H3. The lowest BCUT2D eigenvalue weighted by molar-refractivity contribution is 0.0183. The van der Waals surface area contributed by atoms with Gasteiger partial charge in [0.05, 0.1) is 0 Å². The molecule has 0 amide bonds. The van der Waals surface area contributed by atoms with Crippen molar-refractivity contribution in [3.05, 3.63) is 12.3 Å². The second-order valence-electron chi connectivity index (χ2n) is 2.28. The summed E-state index contributed by atoms with van der Waals surface area (Å²) in [5, 5.41) is 12.1. The molecule has 0 heterocycles. The van der Waals surface area contributed by atoms with Crippen LogP contribution in [0, 0.1) is 0 Å². The molecule has 0 rings (SSSR count). The molecule has 0 aromatic heterocycles. The first kappa shape index (κ1) is 9.46. The van der Waals surface area contributed by atoms with E-state index in [4.69, 9.17) is 0 Å². The van der Waals surface area contributed by atoms with Gasteiger partial charge in [-0.15, -0.1) is 0 Å². The van der Waals surface area contributed by atoms with Crippen molar-refractivity contribution in [2.75, 3.05) is 13.6 Å². The van der Waals surface area contributed by atoms with Gasteiger partial charge in [0.1, 0.15) is 0 Å². The van der Waals surface area contributed by atoms with Crippen molar-refractivity contribution >= 4 is 0 Å². The van der Waals surface area contributed by atoms with Gasteiger partial charge in [0.2, 0.25) is 0 Å². The number of hydrogen-bond donors (Lipinski definition) is 2. The Bertz CT molecular complexity index is 114. The van der Waals surface area contributed by atoms with E-state index < -0.39 is 6.35 Å². The number of rotatable bonds is 4. The molecule has 0 aliphatic heterocycles. The Morgan fingerprint density at radius 2 is 2.30 bits per heavy atom. The average Bonchev–Trinajstić information content (AvgIpc) is 1.87. The largest absolute Gasteiger partial charge is 0.361 e. The topological polar surface area (TPSA) is 35.5 Å². The first-order chi connectivity index (χ1) is 4.59. The Balaban J connectivity index is 3.69. The van der Waals surface area contributed by atoms with E-state index in [1.165, 1.54) is 0 Å². The highest BCUT2D eigenvalue weighted by molar-refractivity contribution is 4.86. The molecule has 0 aliphatic carbocycles. The van der Waals surface area contributed by atoms with Gasteiger partial charge in [-0.3, -0.25) is 5.32 Å². The molecule has 0 aliphatic rings. The maximum atomic E-state index is 9.24. The zero-order valence-electron chi connectivity index (χ0n) is 6.89. The van der Waals surface area contributed by atoms with E-state index in [1.807, 2.05) is 13.8 Å². The number of hydrogen-bond acceptors (Lipinski definition) is 3. The predicted octanol–water partition coefficient (Wildman–Crippen LogP) is 0.337. The molecular weight excluding hydrogens is 128 g/mol. The lowest BCUT2D eigenvalue weighted by atomic mass is 10.5. The van der Waals surface area contributed by atoms with Gasteiger partial charge in [0.25, 0.3) is 0 Å². The van der Waals surface area contributed by atoms with Gasteiger partial charge in [0.15, 0.2) is 6.35 Å². The zero-order chi connectivity index (χ0) is 8.15. The highest BCUT2D eigenvalue weighted by atomic mass is 16.3. The van der Waals surface area contributed by atoms with Gasteiger partial charge < -0.3 is 10.0 Å². The summed E-state index contributed by atoms with van der Waals surface area (Å²) in [5.41, 5.74) is 0.841. The molecule has 10 heavy (non-hydrogen) atoms. The van der Waals surface area contributed by atoms with Crippen LogP contribution in [-0.4, -0.2) is 30.0 Å². The summed E-state index contributed by atoms with van der Waals surface area (Å²) in [6, 6.07) is 0. The number of nitrogens with zero attached hydrogens (tertiary/aromatic N) is 1. The van der Waals surface area contributed by atoms with Crippen molar-refractivity contribution in [2.24, 2.45) is 0 Å². The van der Waals surface area contributed by atoms with Gasteiger partial charge >= 0.3 is 0 Å². The lowest BCUT2D eigenvalue weighted by Gasteiger charge is -2.25. The molecule has 0 aromatic rings. The van der Waals surface area contributed by atoms with Crippen LogP contribution in [0.1, 0.15) is 13.8 Å². The molecule has 60 valence electrons. The molecule has 3 heteroatoms. The van der Waals surface area contributed by atoms with Crippen molar-refractivity contribution in [3.8, 4) is 0 Å². The van der Waals surface area contributed by atoms with Gasteiger partial charge in [-0.05, 0) is 13.5 Å². The molecule has 0 saturated carbocycles. The minimum atomic E-state index is -0.609. The molecule has 1 unspecified atom stereocenters. The molecule has 0 bridgehead atoms. The Morgan fingerprint density at radius 1 is 1.80 bits per heavy atom. The van der Waals surface area contributed by atoms with Crippen LogP contribution in [0.5, 0.6) is 0 Å². The SMILES string of the molecule is C=C(C)N(C)C(O)NCC. The maximum absolute atomic E-state index is 9.24. The molecule has 0 aromatic carbocycles. The van der Waals surface area contributed by atoms with Crippen LogP contribution in [0.2, 0.25) is 0 Å². The third-order valence-corrected chi connectivity index (χ3v) is 1.36. The third kappa shape index (κ3) is 2.85. The average molecular weight is 144 g/mol. The zero-order valence-corrected chi connectivity index (χ0v) is 6.89. The molecule has 0 radical (unpaired) electrons. The second kappa shape index (κ2) is 4.30. The van der Waals surface area contributed by atoms with E-state index in [0.29, 0.717) is 0 Å². The van der Waals surface area contributed by atoms with E-state index in [2.05, 4.69) is 11.9 Å². The van der Waals surface area contributed by atoms with Crippen molar-refractivity contribution in [1.29, 1.82) is 0 Å². The van der Waals surface area contributed by atoms with E-state index in [-0.39, 0.29) is 0 Å². The Hall–Kier alpha value is -0.540. The summed E-state index contributed by atoms with van der Waals surface area (Å²) in [6.45, 7) is 8.22. The van der Waals surface area contributed by atoms with E-state index in [0.717, 1.165) is 12.2 Å². The summed E-state index contributed by atoms with van der Waals surface area (Å²) >= 11 is 0. The first-order valence-electron chi connectivity index (χ1n) is 3.39. The smallest absolute Gasteiger partial charge is 0.183 e. The summed E-state index contributed by atoms with van der Waals surface area (Å²) in [5.74, 6) is 0. The number of nitrogens with one attached hydrogen (secondary N) is 1. The van der Waals surface area contributed by atoms with Crippen molar-refractivity contribution in [1.82, 2.24) is 10.2 Å². The normalized spacial score (nSPS) is 12.8. The molecule has 0 spiro atoms. The highest BCUT2D eigenvalue weighted by Gasteiger charge is 2.06. The minimum absolute atomic E-state index is 0.609. The van der Waals surface area contributed by atoms with Crippen LogP contribution in [0.25, 0.3) is 0 Å². The summed E-state index contributed by atoms with van der Waals surface area (Å²) in [6.07, 6.45) is -0.609. The fourth-order valence-corrected chi connectivity index (χ4v) is 0.528. The summed E-state index contributed by atoms with van der Waals surface area (Å²) in [7, 11) is 1.79. The fourth-order valence-electron chi connectivity index (χ4n) is 0.528. The van der Waals surface area contributed by atoms with Gasteiger partial charge in [-0.25, -0.2) is 0 Å². The first-order valence-corrected chi connectivity index (χ1v) is 3.39. The van der Waals surface area contributed by atoms with Crippen molar-refractivity contribution < 1.29 is 5.11 Å². The monoisotopic (exact) mass is 144 g/mol. The van der Waals surface area contributed by atoms with Crippen LogP contribution in [0.4, 0.5) is 0 Å². The number of aliphatic hydroxyl groups is 1. The molecule has 0 fully saturated rings. The van der Waals surface area contributed by atoms with Gasteiger partial charge in [-0.2, -0.15) is 0 Å². The van der Waals surface area contributed by atoms with Crippen LogP contribution in [0.3, 0.4) is 0 Å². The van der Waals surface area contributed by atoms with Crippen molar-refractivity contribution in [3.63, 3.8) is 0 Å². The van der Waals surface area contributed by atoms with Gasteiger partial charge in [0, 0.05) is 12.7 Å². The van der Waals surface area contributed by atoms with Crippen molar-refractivity contribution in [2.45, 2.75) is 20.2 Å². The molecule has 3 nitrogen and oxygen atoms in total. The van der Waals surface area contributed by atoms with Crippen LogP contribution in [-0.2, 0) is 0 Å². The van der Waals surface area contributed by atoms with Crippen LogP contribution in [0.15, 0.2) is 12.3 Å². The molecular formula is C7H16N2O. The Labute approximate surface area is 62.3 Å². The predicted molar refractivity (Wildman–Crippen MR) is 42.3 cm³/mol. The quantitative estimate of drug-likeness (QED) is 0.558. The lowest BCUT2D eigenvalue weighted by Crippen LogP contribution is -2.41. The molecule has 1 atom stereocenters. The van der Waals surface area contributed by atoms with E-state index in [9.17, 15) is 5.11 Å². The fraction of sp³-hybridized carbons (Fsp3) is 0.714. The third-order valence-electron chi connectivity index (χ3n) is 1.36. The number of allylic oxidation sites excluding steroid dienone is 1. The van der Waals surface area contributed by atoms with Crippen LogP contribution >= 0.6 is 0 Å². The summed E-state index contributed by atoms with van der Waals surface area (Å²) < 4.78 is 0. The molecule has 2 N–H and O–H groups in total. The maximum Gasteiger partial charge on any atom is 0.183 e. The van der Waals surface area contributed by atoms with Crippen LogP contribution < -0.4 is 5.32 Å².